The Bertz CT molecular complexity index is 598. The van der Waals surface area contributed by atoms with E-state index in [9.17, 15) is 4.79 Å². The van der Waals surface area contributed by atoms with Crippen molar-refractivity contribution in [1.29, 1.82) is 0 Å². The predicted octanol–water partition coefficient (Wildman–Crippen LogP) is 3.23. The number of nitrogens with zero attached hydrogens (tertiary/aromatic N) is 1. The van der Waals surface area contributed by atoms with Gasteiger partial charge in [-0.05, 0) is 17.6 Å². The number of ketones is 1. The summed E-state index contributed by atoms with van der Waals surface area (Å²) < 4.78 is 5.53. The van der Waals surface area contributed by atoms with Crippen molar-refractivity contribution in [2.75, 3.05) is 0 Å². The van der Waals surface area contributed by atoms with Gasteiger partial charge in [0.1, 0.15) is 11.5 Å². The Hall–Kier alpha value is -2.16. The predicted molar refractivity (Wildman–Crippen MR) is 68.4 cm³/mol. The minimum atomic E-state index is 0.0574. The monoisotopic (exact) mass is 239 g/mol. The Morgan fingerprint density at radius 3 is 2.78 bits per heavy atom. The maximum atomic E-state index is 12.0. The topological polar surface area (TPSA) is 43.1 Å². The third-order valence-corrected chi connectivity index (χ3v) is 3.29. The summed E-state index contributed by atoms with van der Waals surface area (Å²) in [6, 6.07) is 10.1. The molecule has 0 N–H and O–H groups in total. The normalized spacial score (nSPS) is 18.4. The van der Waals surface area contributed by atoms with Crippen molar-refractivity contribution in [3.63, 3.8) is 0 Å². The summed E-state index contributed by atoms with van der Waals surface area (Å²) in [6.07, 6.45) is 2.76. The lowest BCUT2D eigenvalue weighted by atomic mass is 9.84. The van der Waals surface area contributed by atoms with E-state index in [1.165, 1.54) is 11.6 Å². The summed E-state index contributed by atoms with van der Waals surface area (Å²) in [6.45, 7) is 3.61. The fraction of sp³-hybridized carbons (Fsp3) is 0.200. The Morgan fingerprint density at radius 1 is 1.28 bits per heavy atom. The van der Waals surface area contributed by atoms with E-state index in [0.29, 0.717) is 23.8 Å². The molecule has 0 fully saturated rings. The van der Waals surface area contributed by atoms with Crippen LogP contribution in [0.1, 0.15) is 40.0 Å². The van der Waals surface area contributed by atoms with Crippen LogP contribution in [0.2, 0.25) is 0 Å². The van der Waals surface area contributed by atoms with E-state index >= 15 is 0 Å². The molecule has 0 saturated heterocycles. The molecule has 1 aromatic heterocycles. The summed E-state index contributed by atoms with van der Waals surface area (Å²) in [5.41, 5.74) is 1.66. The van der Waals surface area contributed by atoms with Gasteiger partial charge in [0, 0.05) is 12.8 Å². The molecule has 1 heterocycles. The zero-order valence-corrected chi connectivity index (χ0v) is 9.93. The highest BCUT2D eigenvalue weighted by molar-refractivity contribution is 5.97. The fourth-order valence-corrected chi connectivity index (χ4v) is 2.39. The van der Waals surface area contributed by atoms with Crippen LogP contribution in [-0.4, -0.2) is 10.8 Å². The molecule has 0 radical (unpaired) electrons. The van der Waals surface area contributed by atoms with Crippen LogP contribution < -0.4 is 0 Å². The minimum Gasteiger partial charge on any atom is -0.441 e. The van der Waals surface area contributed by atoms with Crippen molar-refractivity contribution in [3.05, 3.63) is 59.8 Å². The van der Waals surface area contributed by atoms with E-state index in [0.717, 1.165) is 6.42 Å². The van der Waals surface area contributed by atoms with Gasteiger partial charge in [-0.15, -0.1) is 0 Å². The lowest BCUT2D eigenvalue weighted by Gasteiger charge is -2.19. The molecule has 1 aliphatic carbocycles. The molecule has 1 atom stereocenters. The van der Waals surface area contributed by atoms with Gasteiger partial charge in [0.2, 0.25) is 5.89 Å². The van der Waals surface area contributed by atoms with Gasteiger partial charge in [-0.1, -0.05) is 36.9 Å². The summed E-state index contributed by atoms with van der Waals surface area (Å²) in [5, 5.41) is 0. The third kappa shape index (κ3) is 1.78. The molecule has 90 valence electrons. The average molecular weight is 239 g/mol. The van der Waals surface area contributed by atoms with Crippen molar-refractivity contribution < 1.29 is 9.21 Å². The highest BCUT2D eigenvalue weighted by Gasteiger charge is 2.30. The minimum absolute atomic E-state index is 0.0574. The van der Waals surface area contributed by atoms with E-state index in [1.54, 1.807) is 0 Å². The molecule has 18 heavy (non-hydrogen) atoms. The standard InChI is InChI=1S/C15H13NO2/c1-2-14-16-15-12(17)8-11(9-13(15)18-14)10-6-4-3-5-7-10/h2-7,11H,1,8-9H2. The second-order valence-corrected chi connectivity index (χ2v) is 4.47. The highest BCUT2D eigenvalue weighted by Crippen LogP contribution is 2.32. The van der Waals surface area contributed by atoms with E-state index in [4.69, 9.17) is 4.42 Å². The zero-order valence-electron chi connectivity index (χ0n) is 9.93. The molecule has 1 unspecified atom stereocenters. The number of hydrogen-bond acceptors (Lipinski definition) is 3. The quantitative estimate of drug-likeness (QED) is 0.808. The first-order valence-electron chi connectivity index (χ1n) is 5.98. The Labute approximate surface area is 105 Å². The SMILES string of the molecule is C=Cc1nc2c(o1)CC(c1ccccc1)CC2=O. The molecule has 3 nitrogen and oxygen atoms in total. The number of hydrogen-bond donors (Lipinski definition) is 0. The highest BCUT2D eigenvalue weighted by atomic mass is 16.4. The van der Waals surface area contributed by atoms with Crippen LogP contribution in [0.3, 0.4) is 0 Å². The van der Waals surface area contributed by atoms with Gasteiger partial charge in [0.05, 0.1) is 0 Å². The first-order chi connectivity index (χ1) is 8.78. The zero-order chi connectivity index (χ0) is 12.5. The second-order valence-electron chi connectivity index (χ2n) is 4.47. The molecule has 3 heteroatoms. The number of oxazole rings is 1. The maximum absolute atomic E-state index is 12.0. The molecule has 1 aliphatic rings. The lowest BCUT2D eigenvalue weighted by Crippen LogP contribution is -2.18. The van der Waals surface area contributed by atoms with Crippen LogP contribution in [0.25, 0.3) is 6.08 Å². The molecule has 0 spiro atoms. The molecule has 2 aromatic rings. The van der Waals surface area contributed by atoms with Crippen LogP contribution in [0.4, 0.5) is 0 Å². The van der Waals surface area contributed by atoms with Gasteiger partial charge < -0.3 is 4.42 Å². The van der Waals surface area contributed by atoms with Crippen LogP contribution >= 0.6 is 0 Å². The molecule has 1 aromatic carbocycles. The van der Waals surface area contributed by atoms with Crippen LogP contribution in [0.5, 0.6) is 0 Å². The largest absolute Gasteiger partial charge is 0.441 e. The van der Waals surface area contributed by atoms with Gasteiger partial charge >= 0.3 is 0 Å². The summed E-state index contributed by atoms with van der Waals surface area (Å²) in [4.78, 5) is 16.2. The molecule has 0 amide bonds. The summed E-state index contributed by atoms with van der Waals surface area (Å²) in [5.74, 6) is 1.37. The van der Waals surface area contributed by atoms with Crippen molar-refractivity contribution in [2.24, 2.45) is 0 Å². The lowest BCUT2D eigenvalue weighted by molar-refractivity contribution is 0.0956. The first-order valence-corrected chi connectivity index (χ1v) is 5.98. The number of benzene rings is 1. The average Bonchev–Trinajstić information content (AvgIpc) is 2.83. The van der Waals surface area contributed by atoms with Crippen molar-refractivity contribution >= 4 is 11.9 Å². The maximum Gasteiger partial charge on any atom is 0.219 e. The van der Waals surface area contributed by atoms with Crippen molar-refractivity contribution in [3.8, 4) is 0 Å². The van der Waals surface area contributed by atoms with E-state index < -0.39 is 0 Å². The molecule has 3 rings (SSSR count). The van der Waals surface area contributed by atoms with Crippen molar-refractivity contribution in [1.82, 2.24) is 4.98 Å². The van der Waals surface area contributed by atoms with Gasteiger partial charge in [-0.3, -0.25) is 4.79 Å². The van der Waals surface area contributed by atoms with Crippen LogP contribution in [0.15, 0.2) is 41.3 Å². The third-order valence-electron chi connectivity index (χ3n) is 3.29. The second kappa shape index (κ2) is 4.26. The number of rotatable bonds is 2. The molecule has 0 saturated carbocycles. The van der Waals surface area contributed by atoms with Gasteiger partial charge in [-0.2, -0.15) is 0 Å². The number of aromatic nitrogens is 1. The number of Topliss-reactive ketones (excluding diaryl/α,β-unsaturated/α-hetero) is 1. The Kier molecular flexibility index (Phi) is 2.59. The Balaban J connectivity index is 1.96. The Morgan fingerprint density at radius 2 is 2.06 bits per heavy atom. The molecular formula is C15H13NO2. The van der Waals surface area contributed by atoms with E-state index in [2.05, 4.69) is 11.6 Å². The smallest absolute Gasteiger partial charge is 0.219 e. The molecular weight excluding hydrogens is 226 g/mol. The fourth-order valence-electron chi connectivity index (χ4n) is 2.39. The van der Waals surface area contributed by atoms with Gasteiger partial charge in [0.25, 0.3) is 0 Å². The summed E-state index contributed by atoms with van der Waals surface area (Å²) in [7, 11) is 0. The first kappa shape index (κ1) is 11.0. The van der Waals surface area contributed by atoms with Crippen molar-refractivity contribution in [2.45, 2.75) is 18.8 Å². The van der Waals surface area contributed by atoms with Gasteiger partial charge in [-0.25, -0.2) is 4.98 Å². The summed E-state index contributed by atoms with van der Waals surface area (Å²) >= 11 is 0. The van der Waals surface area contributed by atoms with E-state index in [1.807, 2.05) is 30.3 Å². The van der Waals surface area contributed by atoms with E-state index in [-0.39, 0.29) is 11.7 Å². The van der Waals surface area contributed by atoms with Gasteiger partial charge in [0.15, 0.2) is 5.78 Å². The van der Waals surface area contributed by atoms with Crippen LogP contribution in [0, 0.1) is 0 Å². The molecule has 0 aliphatic heterocycles. The molecule has 0 bridgehead atoms. The number of fused-ring (bicyclic) bond motifs is 1. The van der Waals surface area contributed by atoms with Crippen LogP contribution in [-0.2, 0) is 6.42 Å². The number of carbonyl (C=O) groups excluding carboxylic acids is 1. The number of carbonyl (C=O) groups is 1.